The van der Waals surface area contributed by atoms with Gasteiger partial charge in [0.1, 0.15) is 5.15 Å². The Morgan fingerprint density at radius 2 is 2.20 bits per heavy atom. The number of pyridine rings is 1. The van der Waals surface area contributed by atoms with Crippen LogP contribution >= 0.6 is 11.6 Å². The molecule has 1 fully saturated rings. The fourth-order valence-corrected chi connectivity index (χ4v) is 3.28. The Bertz CT molecular complexity index is 614. The molecule has 2 atom stereocenters. The number of fused-ring (bicyclic) bond motifs is 1. The molecular formula is C16H20ClN3. The van der Waals surface area contributed by atoms with E-state index in [1.165, 1.54) is 6.42 Å². The first-order valence-corrected chi connectivity index (χ1v) is 7.53. The molecule has 2 unspecified atom stereocenters. The van der Waals surface area contributed by atoms with E-state index in [1.807, 2.05) is 18.2 Å². The maximum Gasteiger partial charge on any atom is 0.134 e. The molecular weight excluding hydrogens is 270 g/mol. The van der Waals surface area contributed by atoms with Crippen LogP contribution in [0.3, 0.4) is 0 Å². The second-order valence-electron chi connectivity index (χ2n) is 5.75. The minimum absolute atomic E-state index is 0.561. The largest absolute Gasteiger partial charge is 0.330 e. The lowest BCUT2D eigenvalue weighted by Crippen LogP contribution is -2.27. The number of aromatic nitrogens is 1. The molecule has 0 spiro atoms. The highest BCUT2D eigenvalue weighted by atomic mass is 35.5. The molecule has 1 aromatic carbocycles. The molecule has 0 radical (unpaired) electrons. The second kappa shape index (κ2) is 5.68. The lowest BCUT2D eigenvalue weighted by molar-refractivity contribution is 0.256. The summed E-state index contributed by atoms with van der Waals surface area (Å²) in [6.07, 6.45) is 1.18. The Labute approximate surface area is 124 Å². The van der Waals surface area contributed by atoms with Crippen LogP contribution in [0.25, 0.3) is 10.9 Å². The zero-order valence-electron chi connectivity index (χ0n) is 11.7. The van der Waals surface area contributed by atoms with Crippen molar-refractivity contribution in [3.63, 3.8) is 0 Å². The number of halogens is 1. The van der Waals surface area contributed by atoms with Gasteiger partial charge in [-0.1, -0.05) is 29.8 Å². The van der Waals surface area contributed by atoms with Gasteiger partial charge in [-0.25, -0.2) is 4.98 Å². The van der Waals surface area contributed by atoms with Crippen LogP contribution in [0.1, 0.15) is 18.9 Å². The van der Waals surface area contributed by atoms with Crippen LogP contribution < -0.4 is 5.73 Å². The molecule has 0 amide bonds. The minimum Gasteiger partial charge on any atom is -0.330 e. The number of para-hydroxylation sites is 1. The number of likely N-dealkylation sites (tertiary alicyclic amines) is 1. The summed E-state index contributed by atoms with van der Waals surface area (Å²) in [5, 5.41) is 1.77. The molecule has 3 rings (SSSR count). The van der Waals surface area contributed by atoms with Crippen LogP contribution in [0.4, 0.5) is 0 Å². The predicted octanol–water partition coefficient (Wildman–Crippen LogP) is 3.06. The molecule has 2 aromatic rings. The van der Waals surface area contributed by atoms with Gasteiger partial charge in [0.05, 0.1) is 5.52 Å². The molecule has 1 saturated heterocycles. The highest BCUT2D eigenvalue weighted by molar-refractivity contribution is 6.30. The Kier molecular flexibility index (Phi) is 3.92. The van der Waals surface area contributed by atoms with Gasteiger partial charge in [-0.05, 0) is 37.9 Å². The lowest BCUT2D eigenvalue weighted by atomic mass is 10.1. The number of hydrogen-bond donors (Lipinski definition) is 1. The Hall–Kier alpha value is -1.16. The molecule has 1 aromatic heterocycles. The molecule has 1 aliphatic heterocycles. The normalized spacial score (nSPS) is 23.6. The summed E-state index contributed by atoms with van der Waals surface area (Å²) in [5.74, 6) is 0.609. The molecule has 20 heavy (non-hydrogen) atoms. The summed E-state index contributed by atoms with van der Waals surface area (Å²) in [5.41, 5.74) is 7.85. The number of rotatable bonds is 3. The van der Waals surface area contributed by atoms with Gasteiger partial charge in [0.2, 0.25) is 0 Å². The predicted molar refractivity (Wildman–Crippen MR) is 83.8 cm³/mol. The van der Waals surface area contributed by atoms with Crippen molar-refractivity contribution < 1.29 is 0 Å². The van der Waals surface area contributed by atoms with Crippen LogP contribution in [0.15, 0.2) is 30.3 Å². The fraction of sp³-hybridized carbons (Fsp3) is 0.438. The smallest absolute Gasteiger partial charge is 0.134 e. The van der Waals surface area contributed by atoms with Gasteiger partial charge >= 0.3 is 0 Å². The van der Waals surface area contributed by atoms with Crippen molar-refractivity contribution in [1.29, 1.82) is 0 Å². The van der Waals surface area contributed by atoms with Gasteiger partial charge in [-0.2, -0.15) is 0 Å². The van der Waals surface area contributed by atoms with Gasteiger partial charge in [0.15, 0.2) is 0 Å². The third kappa shape index (κ3) is 2.66. The van der Waals surface area contributed by atoms with Crippen molar-refractivity contribution in [1.82, 2.24) is 9.88 Å². The van der Waals surface area contributed by atoms with Crippen molar-refractivity contribution in [2.45, 2.75) is 25.9 Å². The van der Waals surface area contributed by atoms with Gasteiger partial charge in [-0.3, -0.25) is 4.90 Å². The number of nitrogens with two attached hydrogens (primary N) is 1. The minimum atomic E-state index is 0.561. The van der Waals surface area contributed by atoms with E-state index in [1.54, 1.807) is 0 Å². The van der Waals surface area contributed by atoms with Crippen LogP contribution in [0.2, 0.25) is 5.15 Å². The van der Waals surface area contributed by atoms with Gasteiger partial charge in [-0.15, -0.1) is 0 Å². The summed E-state index contributed by atoms with van der Waals surface area (Å²) in [7, 11) is 0. The average molecular weight is 290 g/mol. The summed E-state index contributed by atoms with van der Waals surface area (Å²) in [6, 6.07) is 10.8. The maximum atomic E-state index is 6.34. The van der Waals surface area contributed by atoms with Crippen LogP contribution in [0.5, 0.6) is 0 Å². The van der Waals surface area contributed by atoms with E-state index in [0.717, 1.165) is 36.1 Å². The lowest BCUT2D eigenvalue weighted by Gasteiger charge is -2.21. The molecule has 2 N–H and O–H groups in total. The van der Waals surface area contributed by atoms with Crippen molar-refractivity contribution in [2.24, 2.45) is 11.7 Å². The van der Waals surface area contributed by atoms with E-state index in [0.29, 0.717) is 17.1 Å². The summed E-state index contributed by atoms with van der Waals surface area (Å²) in [4.78, 5) is 6.95. The van der Waals surface area contributed by atoms with Gasteiger partial charge in [0.25, 0.3) is 0 Å². The summed E-state index contributed by atoms with van der Waals surface area (Å²) in [6.45, 7) is 4.94. The summed E-state index contributed by atoms with van der Waals surface area (Å²) < 4.78 is 0. The highest BCUT2D eigenvalue weighted by Crippen LogP contribution is 2.27. The zero-order valence-corrected chi connectivity index (χ0v) is 12.5. The first-order chi connectivity index (χ1) is 9.67. The molecule has 0 aliphatic carbocycles. The van der Waals surface area contributed by atoms with Crippen molar-refractivity contribution in [3.05, 3.63) is 41.0 Å². The molecule has 3 nitrogen and oxygen atoms in total. The first kappa shape index (κ1) is 13.8. The third-order valence-corrected chi connectivity index (χ3v) is 4.57. The molecule has 0 bridgehead atoms. The van der Waals surface area contributed by atoms with Gasteiger partial charge < -0.3 is 5.73 Å². The second-order valence-corrected chi connectivity index (χ2v) is 6.10. The SMILES string of the molecule is CC1CC(CN)CN1Cc1cc2ccccc2nc1Cl. The quantitative estimate of drug-likeness (QED) is 0.883. The monoisotopic (exact) mass is 289 g/mol. The van der Waals surface area contributed by atoms with Gasteiger partial charge in [0, 0.05) is 30.1 Å². The molecule has 106 valence electrons. The highest BCUT2D eigenvalue weighted by Gasteiger charge is 2.28. The standard InChI is InChI=1S/C16H20ClN3/c1-11-6-12(8-18)9-20(11)10-14-7-13-4-2-3-5-15(13)19-16(14)17/h2-5,7,11-12H,6,8-10,18H2,1H3. The Morgan fingerprint density at radius 3 is 2.95 bits per heavy atom. The average Bonchev–Trinajstić information content (AvgIpc) is 2.80. The third-order valence-electron chi connectivity index (χ3n) is 4.25. The zero-order chi connectivity index (χ0) is 14.1. The first-order valence-electron chi connectivity index (χ1n) is 7.15. The van der Waals surface area contributed by atoms with E-state index in [2.05, 4.69) is 28.9 Å². The van der Waals surface area contributed by atoms with Crippen LogP contribution in [-0.2, 0) is 6.54 Å². The Balaban J connectivity index is 1.85. The number of nitrogens with zero attached hydrogens (tertiary/aromatic N) is 2. The topological polar surface area (TPSA) is 42.1 Å². The van der Waals surface area contributed by atoms with E-state index in [-0.39, 0.29) is 0 Å². The fourth-order valence-electron chi connectivity index (χ4n) is 3.07. The number of hydrogen-bond acceptors (Lipinski definition) is 3. The van der Waals surface area contributed by atoms with E-state index < -0.39 is 0 Å². The molecule has 4 heteroatoms. The van der Waals surface area contributed by atoms with Crippen molar-refractivity contribution in [3.8, 4) is 0 Å². The van der Waals surface area contributed by atoms with Crippen molar-refractivity contribution >= 4 is 22.5 Å². The number of benzene rings is 1. The van der Waals surface area contributed by atoms with E-state index in [4.69, 9.17) is 17.3 Å². The van der Waals surface area contributed by atoms with E-state index in [9.17, 15) is 0 Å². The van der Waals surface area contributed by atoms with E-state index >= 15 is 0 Å². The Morgan fingerprint density at radius 1 is 1.40 bits per heavy atom. The molecule has 2 heterocycles. The van der Waals surface area contributed by atoms with Crippen molar-refractivity contribution in [2.75, 3.05) is 13.1 Å². The van der Waals surface area contributed by atoms with Crippen LogP contribution in [-0.4, -0.2) is 29.0 Å². The molecule has 1 aliphatic rings. The molecule has 0 saturated carbocycles. The maximum absolute atomic E-state index is 6.34. The van der Waals surface area contributed by atoms with Crippen LogP contribution in [0, 0.1) is 5.92 Å². The summed E-state index contributed by atoms with van der Waals surface area (Å²) >= 11 is 6.34.